The molecule has 0 spiro atoms. The summed E-state index contributed by atoms with van der Waals surface area (Å²) in [7, 11) is 1.10. The predicted molar refractivity (Wildman–Crippen MR) is 87.1 cm³/mol. The Labute approximate surface area is 160 Å². The summed E-state index contributed by atoms with van der Waals surface area (Å²) in [4.78, 5) is 24.5. The minimum atomic E-state index is -2.20. The number of ether oxygens (including phenoxy) is 4. The van der Waals surface area contributed by atoms with E-state index in [2.05, 4.69) is 4.74 Å². The molecular formula is C17H24O11. The van der Waals surface area contributed by atoms with Gasteiger partial charge in [-0.15, -0.1) is 0 Å². The van der Waals surface area contributed by atoms with E-state index in [9.17, 15) is 35.1 Å². The molecule has 2 fully saturated rings. The van der Waals surface area contributed by atoms with E-state index >= 15 is 0 Å². The first-order chi connectivity index (χ1) is 13.2. The number of carbonyl (C=O) groups is 2. The quantitative estimate of drug-likeness (QED) is 0.306. The summed E-state index contributed by atoms with van der Waals surface area (Å²) in [5, 5.41) is 50.2. The van der Waals surface area contributed by atoms with Crippen molar-refractivity contribution in [2.24, 2.45) is 11.8 Å². The number of hydrogen-bond acceptors (Lipinski definition) is 11. The fourth-order valence-corrected chi connectivity index (χ4v) is 4.02. The van der Waals surface area contributed by atoms with E-state index in [0.717, 1.165) is 13.4 Å². The number of Topliss-reactive ketones (excluding diaryl/α,β-unsaturated/α-hetero) is 1. The van der Waals surface area contributed by atoms with Gasteiger partial charge in [0, 0.05) is 6.42 Å². The van der Waals surface area contributed by atoms with Gasteiger partial charge in [-0.25, -0.2) is 4.79 Å². The molecule has 1 aliphatic carbocycles. The third kappa shape index (κ3) is 3.12. The van der Waals surface area contributed by atoms with Gasteiger partial charge in [-0.05, 0) is 5.92 Å². The smallest absolute Gasteiger partial charge is 0.340 e. The number of aliphatic hydroxyl groups excluding tert-OH is 4. The largest absolute Gasteiger partial charge is 0.471 e. The number of rotatable bonds is 4. The van der Waals surface area contributed by atoms with Crippen molar-refractivity contribution in [1.82, 2.24) is 0 Å². The molecule has 0 aromatic heterocycles. The van der Waals surface area contributed by atoms with Crippen LogP contribution in [0, 0.1) is 11.8 Å². The molecular weight excluding hydrogens is 380 g/mol. The fraction of sp³-hybridized carbons (Fsp3) is 0.765. The highest BCUT2D eigenvalue weighted by Gasteiger charge is 2.63. The minimum absolute atomic E-state index is 0.0482. The molecule has 0 unspecified atom stereocenters. The van der Waals surface area contributed by atoms with Crippen molar-refractivity contribution in [1.29, 1.82) is 0 Å². The Bertz CT molecular complexity index is 661. The summed E-state index contributed by atoms with van der Waals surface area (Å²) in [5.41, 5.74) is -2.56. The molecule has 3 aliphatic rings. The van der Waals surface area contributed by atoms with E-state index in [4.69, 9.17) is 14.2 Å². The molecule has 1 saturated carbocycles. The summed E-state index contributed by atoms with van der Waals surface area (Å²) in [6.07, 6.45) is -8.14. The van der Waals surface area contributed by atoms with Crippen molar-refractivity contribution in [3.8, 4) is 0 Å². The minimum Gasteiger partial charge on any atom is -0.471 e. The van der Waals surface area contributed by atoms with E-state index in [1.807, 2.05) is 0 Å². The van der Waals surface area contributed by atoms with E-state index in [1.165, 1.54) is 0 Å². The van der Waals surface area contributed by atoms with E-state index in [1.54, 1.807) is 6.92 Å². The molecule has 11 nitrogen and oxygen atoms in total. The lowest BCUT2D eigenvalue weighted by atomic mass is 9.79. The molecule has 2 aliphatic heterocycles. The summed E-state index contributed by atoms with van der Waals surface area (Å²) in [6.45, 7) is 1.01. The Balaban J connectivity index is 1.88. The second-order valence-corrected chi connectivity index (χ2v) is 7.26. The third-order valence-electron chi connectivity index (χ3n) is 5.57. The van der Waals surface area contributed by atoms with Crippen LogP contribution < -0.4 is 0 Å². The zero-order valence-corrected chi connectivity index (χ0v) is 15.3. The van der Waals surface area contributed by atoms with E-state index in [-0.39, 0.29) is 12.0 Å². The second-order valence-electron chi connectivity index (χ2n) is 7.26. The molecule has 11 heteroatoms. The maximum atomic E-state index is 12.5. The lowest BCUT2D eigenvalue weighted by Crippen LogP contribution is -2.61. The van der Waals surface area contributed by atoms with Crippen LogP contribution in [0.5, 0.6) is 0 Å². The van der Waals surface area contributed by atoms with Gasteiger partial charge in [0.25, 0.3) is 0 Å². The molecule has 3 rings (SSSR count). The van der Waals surface area contributed by atoms with Gasteiger partial charge in [0.2, 0.25) is 6.29 Å². The van der Waals surface area contributed by atoms with Crippen LogP contribution in [0.4, 0.5) is 0 Å². The number of esters is 1. The molecule has 0 amide bonds. The first-order valence-corrected chi connectivity index (χ1v) is 8.82. The van der Waals surface area contributed by atoms with Gasteiger partial charge >= 0.3 is 5.97 Å². The first-order valence-electron chi connectivity index (χ1n) is 8.82. The highest BCUT2D eigenvalue weighted by molar-refractivity contribution is 6.04. The van der Waals surface area contributed by atoms with Gasteiger partial charge in [0.1, 0.15) is 36.3 Å². The molecule has 0 bridgehead atoms. The molecule has 0 aromatic rings. The maximum absolute atomic E-state index is 12.5. The van der Waals surface area contributed by atoms with E-state index in [0.29, 0.717) is 0 Å². The average Bonchev–Trinajstić information content (AvgIpc) is 2.91. The molecule has 28 heavy (non-hydrogen) atoms. The van der Waals surface area contributed by atoms with Crippen LogP contribution in [-0.2, 0) is 28.5 Å². The van der Waals surface area contributed by atoms with Gasteiger partial charge < -0.3 is 44.5 Å². The van der Waals surface area contributed by atoms with Crippen LogP contribution >= 0.6 is 0 Å². The number of methoxy groups -OCH3 is 1. The monoisotopic (exact) mass is 404 g/mol. The number of ketones is 1. The summed E-state index contributed by atoms with van der Waals surface area (Å²) >= 11 is 0. The van der Waals surface area contributed by atoms with Gasteiger partial charge in [-0.1, -0.05) is 6.92 Å². The lowest BCUT2D eigenvalue weighted by molar-refractivity contribution is -0.346. The molecule has 9 atom stereocenters. The highest BCUT2D eigenvalue weighted by Crippen LogP contribution is 2.48. The fourth-order valence-electron chi connectivity index (χ4n) is 4.02. The Kier molecular flexibility index (Phi) is 5.79. The molecule has 2 heterocycles. The van der Waals surface area contributed by atoms with Gasteiger partial charge in [-0.3, -0.25) is 4.79 Å². The Hall–Kier alpha value is -1.60. The first kappa shape index (κ1) is 21.1. The Morgan fingerprint density at radius 1 is 1.25 bits per heavy atom. The summed E-state index contributed by atoms with van der Waals surface area (Å²) in [5.74, 6) is -3.01. The summed E-state index contributed by atoms with van der Waals surface area (Å²) < 4.78 is 20.9. The zero-order valence-electron chi connectivity index (χ0n) is 15.3. The molecule has 0 aromatic carbocycles. The van der Waals surface area contributed by atoms with Crippen molar-refractivity contribution in [3.63, 3.8) is 0 Å². The van der Waals surface area contributed by atoms with Crippen molar-refractivity contribution in [2.75, 3.05) is 13.7 Å². The average molecular weight is 404 g/mol. The SMILES string of the molecule is COC(=O)C1=CO[C@@H](O[C@H]2O[C@@H](CO)[C@H](O)[C@@H](O)[C@@H]2O)[C@@H]2[C@@H](C)CC(=O)[C@@]12O. The number of fused-ring (bicyclic) bond motifs is 1. The van der Waals surface area contributed by atoms with Crippen LogP contribution in [0.25, 0.3) is 0 Å². The van der Waals surface area contributed by atoms with Gasteiger partial charge in [0.15, 0.2) is 17.7 Å². The number of carbonyl (C=O) groups excluding carboxylic acids is 2. The normalized spacial score (nSPS) is 45.8. The van der Waals surface area contributed by atoms with Gasteiger partial charge in [-0.2, -0.15) is 0 Å². The van der Waals surface area contributed by atoms with Crippen LogP contribution in [0.1, 0.15) is 13.3 Å². The topological polar surface area (TPSA) is 172 Å². The Morgan fingerprint density at radius 3 is 2.54 bits per heavy atom. The molecule has 1 saturated heterocycles. The standard InChI is InChI=1S/C17H24O11/c1-6-3-9(19)17(24)7(14(23)25-2)5-26-15(10(6)17)28-16-13(22)12(21)11(20)8(4-18)27-16/h5-6,8,10-13,15-16,18,20-22,24H,3-4H2,1-2H3/t6-,8-,10-,11-,12+,13-,15-,16+,17-/m0/s1. The second kappa shape index (κ2) is 7.67. The maximum Gasteiger partial charge on any atom is 0.340 e. The van der Waals surface area contributed by atoms with Crippen molar-refractivity contribution < 1.29 is 54.1 Å². The number of hydrogen-bond donors (Lipinski definition) is 5. The van der Waals surface area contributed by atoms with Crippen LogP contribution in [0.3, 0.4) is 0 Å². The third-order valence-corrected chi connectivity index (χ3v) is 5.57. The highest BCUT2D eigenvalue weighted by atomic mass is 16.8. The predicted octanol–water partition coefficient (Wildman–Crippen LogP) is -2.83. The van der Waals surface area contributed by atoms with Crippen LogP contribution in [-0.4, -0.2) is 93.6 Å². The van der Waals surface area contributed by atoms with Gasteiger partial charge in [0.05, 0.1) is 19.6 Å². The van der Waals surface area contributed by atoms with Crippen LogP contribution in [0.15, 0.2) is 11.8 Å². The lowest BCUT2D eigenvalue weighted by Gasteiger charge is -2.44. The number of aliphatic hydroxyl groups is 5. The van der Waals surface area contributed by atoms with Crippen molar-refractivity contribution in [2.45, 2.75) is 55.9 Å². The molecule has 0 radical (unpaired) electrons. The Morgan fingerprint density at radius 2 is 1.93 bits per heavy atom. The van der Waals surface area contributed by atoms with Crippen LogP contribution in [0.2, 0.25) is 0 Å². The van der Waals surface area contributed by atoms with Crippen molar-refractivity contribution in [3.05, 3.63) is 11.8 Å². The molecule has 5 N–H and O–H groups in total. The molecule has 158 valence electrons. The van der Waals surface area contributed by atoms with E-state index < -0.39 is 72.8 Å². The van der Waals surface area contributed by atoms with Crippen molar-refractivity contribution >= 4 is 11.8 Å². The summed E-state index contributed by atoms with van der Waals surface area (Å²) in [6, 6.07) is 0. The zero-order chi connectivity index (χ0) is 20.8.